The highest BCUT2D eigenvalue weighted by Crippen LogP contribution is 2.23. The van der Waals surface area contributed by atoms with E-state index in [2.05, 4.69) is 48.6 Å². The highest BCUT2D eigenvalue weighted by Gasteiger charge is 2.16. The predicted octanol–water partition coefficient (Wildman–Crippen LogP) is 5.30. The maximum Gasteiger partial charge on any atom is 0.194 e. The molecule has 0 bridgehead atoms. The molecule has 0 aromatic heterocycles. The molecule has 104 valence electrons. The Morgan fingerprint density at radius 2 is 1.80 bits per heavy atom. The largest absolute Gasteiger partial charge is 0.289 e. The average Bonchev–Trinajstić information content (AvgIpc) is 2.48. The summed E-state index contributed by atoms with van der Waals surface area (Å²) in [6, 6.07) is 11.6. The molecule has 0 heterocycles. The Morgan fingerprint density at radius 1 is 1.05 bits per heavy atom. The fourth-order valence-corrected chi connectivity index (χ4v) is 2.93. The molecule has 1 nitrogen and oxygen atoms in total. The summed E-state index contributed by atoms with van der Waals surface area (Å²) in [5, 5.41) is 0.596. The number of halogens is 2. The Bertz CT molecular complexity index is 649. The van der Waals surface area contributed by atoms with Crippen LogP contribution in [-0.2, 0) is 12.8 Å². The summed E-state index contributed by atoms with van der Waals surface area (Å²) in [6.07, 6.45) is 1.78. The molecule has 0 spiro atoms. The number of carbonyl (C=O) groups is 1. The third-order valence-corrected chi connectivity index (χ3v) is 4.56. The van der Waals surface area contributed by atoms with Crippen LogP contribution in [0.25, 0.3) is 0 Å². The van der Waals surface area contributed by atoms with Gasteiger partial charge < -0.3 is 0 Å². The average molecular weight is 399 g/mol. The molecule has 0 N–H and O–H groups in total. The van der Waals surface area contributed by atoms with Gasteiger partial charge in [0.05, 0.1) is 0 Å². The van der Waals surface area contributed by atoms with Gasteiger partial charge in [-0.2, -0.15) is 0 Å². The molecule has 0 fully saturated rings. The van der Waals surface area contributed by atoms with Crippen LogP contribution in [0.15, 0.2) is 36.4 Å². The second kappa shape index (κ2) is 6.72. The van der Waals surface area contributed by atoms with Gasteiger partial charge in [0, 0.05) is 19.7 Å². The van der Waals surface area contributed by atoms with E-state index >= 15 is 0 Å². The van der Waals surface area contributed by atoms with Crippen LogP contribution in [0.3, 0.4) is 0 Å². The Kier molecular flexibility index (Phi) is 5.22. The van der Waals surface area contributed by atoms with Gasteiger partial charge in [-0.1, -0.05) is 37.6 Å². The van der Waals surface area contributed by atoms with Crippen molar-refractivity contribution in [2.45, 2.75) is 26.7 Å². The Labute approximate surface area is 138 Å². The highest BCUT2D eigenvalue weighted by molar-refractivity contribution is 14.1. The van der Waals surface area contributed by atoms with E-state index in [1.807, 2.05) is 18.2 Å². The fraction of sp³-hybridized carbons (Fsp3) is 0.235. The molecule has 0 atom stereocenters. The highest BCUT2D eigenvalue weighted by atomic mass is 127. The van der Waals surface area contributed by atoms with Crippen LogP contribution >= 0.6 is 34.2 Å². The molecule has 0 aliphatic rings. The van der Waals surface area contributed by atoms with E-state index in [4.69, 9.17) is 11.6 Å². The topological polar surface area (TPSA) is 17.1 Å². The quantitative estimate of drug-likeness (QED) is 0.504. The molecule has 0 aliphatic heterocycles. The van der Waals surface area contributed by atoms with Gasteiger partial charge in [-0.3, -0.25) is 4.79 Å². The summed E-state index contributed by atoms with van der Waals surface area (Å²) >= 11 is 8.21. The number of rotatable bonds is 4. The first-order valence-corrected chi connectivity index (χ1v) is 8.14. The summed E-state index contributed by atoms with van der Waals surface area (Å²) in [5.74, 6) is 0.0593. The smallest absolute Gasteiger partial charge is 0.194 e. The van der Waals surface area contributed by atoms with E-state index in [-0.39, 0.29) is 5.78 Å². The molecule has 0 unspecified atom stereocenters. The first kappa shape index (κ1) is 15.5. The van der Waals surface area contributed by atoms with Gasteiger partial charge >= 0.3 is 0 Å². The number of hydrogen-bond donors (Lipinski definition) is 0. The minimum absolute atomic E-state index is 0.0593. The van der Waals surface area contributed by atoms with Gasteiger partial charge in [-0.05, 0) is 70.8 Å². The van der Waals surface area contributed by atoms with E-state index in [1.165, 1.54) is 5.56 Å². The zero-order valence-corrected chi connectivity index (χ0v) is 14.5. The van der Waals surface area contributed by atoms with Crippen LogP contribution in [-0.4, -0.2) is 5.78 Å². The van der Waals surface area contributed by atoms with Gasteiger partial charge in [0.25, 0.3) is 0 Å². The van der Waals surface area contributed by atoms with E-state index < -0.39 is 0 Å². The van der Waals surface area contributed by atoms with Crippen molar-refractivity contribution >= 4 is 40.0 Å². The summed E-state index contributed by atoms with van der Waals surface area (Å²) in [6.45, 7) is 4.17. The lowest BCUT2D eigenvalue weighted by Gasteiger charge is -2.11. The van der Waals surface area contributed by atoms with Gasteiger partial charge in [0.15, 0.2) is 5.78 Å². The molecule has 0 saturated heterocycles. The first-order chi connectivity index (χ1) is 9.56. The van der Waals surface area contributed by atoms with Crippen molar-refractivity contribution < 1.29 is 4.79 Å². The maximum absolute atomic E-state index is 12.8. The Morgan fingerprint density at radius 3 is 2.45 bits per heavy atom. The number of carbonyl (C=O) groups excluding carboxylic acids is 1. The monoisotopic (exact) mass is 398 g/mol. The molecule has 3 heteroatoms. The molecule has 20 heavy (non-hydrogen) atoms. The second-order valence-corrected chi connectivity index (χ2v) is 6.25. The maximum atomic E-state index is 12.8. The SMILES string of the molecule is CCc1ccc(CC)c(C(=O)c2cc(Cl)ccc2I)c1. The van der Waals surface area contributed by atoms with Crippen LogP contribution in [0.5, 0.6) is 0 Å². The standard InChI is InChI=1S/C17H16ClIO/c1-3-11-5-6-12(4-2)14(9-11)17(20)15-10-13(18)7-8-16(15)19/h5-10H,3-4H2,1-2H3. The summed E-state index contributed by atoms with van der Waals surface area (Å²) in [5.41, 5.74) is 3.75. The summed E-state index contributed by atoms with van der Waals surface area (Å²) < 4.78 is 0.931. The minimum Gasteiger partial charge on any atom is -0.289 e. The number of hydrogen-bond acceptors (Lipinski definition) is 1. The zero-order valence-electron chi connectivity index (χ0n) is 11.5. The molecule has 0 saturated carbocycles. The molecular formula is C17H16ClIO. The molecule has 0 aliphatic carbocycles. The lowest BCUT2D eigenvalue weighted by Crippen LogP contribution is -2.08. The van der Waals surface area contributed by atoms with E-state index in [9.17, 15) is 4.79 Å². The second-order valence-electron chi connectivity index (χ2n) is 4.65. The Hall–Kier alpha value is -0.870. The number of benzene rings is 2. The third-order valence-electron chi connectivity index (χ3n) is 3.38. The molecule has 2 aromatic carbocycles. The van der Waals surface area contributed by atoms with Gasteiger partial charge in [-0.25, -0.2) is 0 Å². The van der Waals surface area contributed by atoms with Crippen molar-refractivity contribution in [2.24, 2.45) is 0 Å². The molecule has 2 aromatic rings. The van der Waals surface area contributed by atoms with Crippen LogP contribution < -0.4 is 0 Å². The normalized spacial score (nSPS) is 10.6. The first-order valence-electron chi connectivity index (χ1n) is 6.68. The lowest BCUT2D eigenvalue weighted by atomic mass is 9.94. The summed E-state index contributed by atoms with van der Waals surface area (Å²) in [4.78, 5) is 12.8. The molecule has 0 amide bonds. The van der Waals surface area contributed by atoms with E-state index in [1.54, 1.807) is 6.07 Å². The minimum atomic E-state index is 0.0593. The van der Waals surface area contributed by atoms with E-state index in [0.29, 0.717) is 10.6 Å². The predicted molar refractivity (Wildman–Crippen MR) is 92.8 cm³/mol. The zero-order chi connectivity index (χ0) is 14.7. The van der Waals surface area contributed by atoms with Crippen LogP contribution in [0, 0.1) is 3.57 Å². The van der Waals surface area contributed by atoms with Crippen molar-refractivity contribution in [1.29, 1.82) is 0 Å². The van der Waals surface area contributed by atoms with Crippen molar-refractivity contribution in [3.05, 3.63) is 67.2 Å². The van der Waals surface area contributed by atoms with Crippen LogP contribution in [0.2, 0.25) is 5.02 Å². The van der Waals surface area contributed by atoms with Crippen molar-refractivity contribution in [2.75, 3.05) is 0 Å². The van der Waals surface area contributed by atoms with Crippen molar-refractivity contribution in [1.82, 2.24) is 0 Å². The van der Waals surface area contributed by atoms with Gasteiger partial charge in [-0.15, -0.1) is 0 Å². The molecule has 2 rings (SSSR count). The van der Waals surface area contributed by atoms with Gasteiger partial charge in [0.1, 0.15) is 0 Å². The lowest BCUT2D eigenvalue weighted by molar-refractivity contribution is 0.103. The number of ketones is 1. The third kappa shape index (κ3) is 3.23. The van der Waals surface area contributed by atoms with Crippen molar-refractivity contribution in [3.63, 3.8) is 0 Å². The van der Waals surface area contributed by atoms with Crippen molar-refractivity contribution in [3.8, 4) is 0 Å². The van der Waals surface area contributed by atoms with Gasteiger partial charge in [0.2, 0.25) is 0 Å². The molecule has 0 radical (unpaired) electrons. The number of aryl methyl sites for hydroxylation is 2. The summed E-state index contributed by atoms with van der Waals surface area (Å²) in [7, 11) is 0. The van der Waals surface area contributed by atoms with Crippen LogP contribution in [0.1, 0.15) is 40.9 Å². The fourth-order valence-electron chi connectivity index (χ4n) is 2.18. The van der Waals surface area contributed by atoms with Crippen LogP contribution in [0.4, 0.5) is 0 Å². The molecular weight excluding hydrogens is 383 g/mol. The van der Waals surface area contributed by atoms with E-state index in [0.717, 1.165) is 27.5 Å². The Balaban J connectivity index is 2.54.